The van der Waals surface area contributed by atoms with E-state index in [-0.39, 0.29) is 17.9 Å². The predicted octanol–water partition coefficient (Wildman–Crippen LogP) is 3.78. The van der Waals surface area contributed by atoms with E-state index in [1.54, 1.807) is 66.7 Å². The van der Waals surface area contributed by atoms with Crippen molar-refractivity contribution in [3.63, 3.8) is 0 Å². The number of pyridine rings is 2. The Morgan fingerprint density at radius 2 is 1.88 bits per heavy atom. The van der Waals surface area contributed by atoms with E-state index in [4.69, 9.17) is 14.2 Å². The second-order valence-electron chi connectivity index (χ2n) is 7.87. The largest absolute Gasteiger partial charge is 0.488 e. The van der Waals surface area contributed by atoms with Crippen LogP contribution in [0.2, 0.25) is 0 Å². The van der Waals surface area contributed by atoms with E-state index in [0.717, 1.165) is 19.5 Å². The van der Waals surface area contributed by atoms with E-state index in [1.807, 2.05) is 6.92 Å². The van der Waals surface area contributed by atoms with Crippen LogP contribution in [-0.4, -0.2) is 59.6 Å². The maximum atomic E-state index is 12.9. The normalized spacial score (nSPS) is 13.5. The highest BCUT2D eigenvalue weighted by atomic mass is 16.5. The van der Waals surface area contributed by atoms with Crippen molar-refractivity contribution in [3.8, 4) is 17.2 Å². The number of nitrogens with one attached hydrogen (secondary N) is 1. The number of nitrogens with zero attached hydrogens (tertiary/aromatic N) is 3. The highest BCUT2D eigenvalue weighted by molar-refractivity contribution is 6.04. The Hall–Kier alpha value is -3.98. The van der Waals surface area contributed by atoms with Gasteiger partial charge in [-0.25, -0.2) is 9.97 Å². The molecule has 0 aliphatic carbocycles. The molecule has 2 aromatic heterocycles. The Morgan fingerprint density at radius 3 is 2.53 bits per heavy atom. The van der Waals surface area contributed by atoms with Gasteiger partial charge in [0.2, 0.25) is 0 Å². The lowest BCUT2D eigenvalue weighted by molar-refractivity contribution is 0.0645. The number of anilines is 1. The van der Waals surface area contributed by atoms with Gasteiger partial charge >= 0.3 is 0 Å². The van der Waals surface area contributed by atoms with E-state index < -0.39 is 0 Å². The number of aromatic nitrogens is 2. The lowest BCUT2D eigenvalue weighted by Crippen LogP contribution is -2.42. The van der Waals surface area contributed by atoms with Crippen molar-refractivity contribution in [2.24, 2.45) is 0 Å². The Balaban J connectivity index is 1.54. The highest BCUT2D eigenvalue weighted by Crippen LogP contribution is 2.29. The average molecular weight is 463 g/mol. The number of hydrogen-bond acceptors (Lipinski definition) is 7. The number of carbonyl (C=O) groups excluding carboxylic acids is 2. The number of methoxy groups -OCH3 is 1. The molecular formula is C25H26N4O5. The first-order valence-corrected chi connectivity index (χ1v) is 11.0. The van der Waals surface area contributed by atoms with Gasteiger partial charge in [0, 0.05) is 38.0 Å². The topological polar surface area (TPSA) is 103 Å². The fourth-order valence-electron chi connectivity index (χ4n) is 3.34. The Bertz CT molecular complexity index is 1130. The first-order chi connectivity index (χ1) is 16.5. The van der Waals surface area contributed by atoms with Gasteiger partial charge in [0.15, 0.2) is 0 Å². The third-order valence-corrected chi connectivity index (χ3v) is 5.12. The van der Waals surface area contributed by atoms with Crippen LogP contribution in [0, 0.1) is 0 Å². The van der Waals surface area contributed by atoms with Crippen LogP contribution in [0.4, 0.5) is 5.82 Å². The number of carbonyl (C=O) groups is 2. The second kappa shape index (κ2) is 10.8. The van der Waals surface area contributed by atoms with Gasteiger partial charge in [0.25, 0.3) is 11.8 Å². The molecule has 0 saturated carbocycles. The Labute approximate surface area is 197 Å². The lowest BCUT2D eigenvalue weighted by atomic mass is 10.1. The Morgan fingerprint density at radius 1 is 1.06 bits per heavy atom. The van der Waals surface area contributed by atoms with Gasteiger partial charge in [0.1, 0.15) is 34.9 Å². The molecule has 0 bridgehead atoms. The van der Waals surface area contributed by atoms with Gasteiger partial charge in [-0.15, -0.1) is 0 Å². The van der Waals surface area contributed by atoms with Gasteiger partial charge in [-0.2, -0.15) is 0 Å². The molecule has 1 fully saturated rings. The van der Waals surface area contributed by atoms with Crippen molar-refractivity contribution in [2.75, 3.05) is 32.1 Å². The first-order valence-electron chi connectivity index (χ1n) is 11.0. The van der Waals surface area contributed by atoms with Crippen molar-refractivity contribution in [1.82, 2.24) is 14.9 Å². The third-order valence-electron chi connectivity index (χ3n) is 5.12. The molecule has 4 rings (SSSR count). The minimum atomic E-state index is -0.359. The summed E-state index contributed by atoms with van der Waals surface area (Å²) in [6.45, 7) is 3.77. The zero-order valence-corrected chi connectivity index (χ0v) is 19.1. The molecule has 3 aromatic rings. The standard InChI is InChI=1S/C25H26N4O5/c1-17(16-32-2)33-20-12-18(24(30)28-23-6-3-4-9-26-23)13-21(14-20)34-19-7-8-22(27-15-19)25(31)29-10-5-11-29/h3-4,6-9,12-15,17H,5,10-11,16H2,1-2H3,(H,26,28,30)/t17-/m0/s1. The van der Waals surface area contributed by atoms with Crippen molar-refractivity contribution in [1.29, 1.82) is 0 Å². The average Bonchev–Trinajstić information content (AvgIpc) is 2.79. The third kappa shape index (κ3) is 5.87. The van der Waals surface area contributed by atoms with E-state index in [2.05, 4.69) is 15.3 Å². The molecule has 1 aliphatic heterocycles. The fraction of sp³-hybridized carbons (Fsp3) is 0.280. The molecule has 1 N–H and O–H groups in total. The number of likely N-dealkylation sites (tertiary alicyclic amines) is 1. The van der Waals surface area contributed by atoms with Crippen LogP contribution in [0.5, 0.6) is 17.2 Å². The summed E-state index contributed by atoms with van der Waals surface area (Å²) in [4.78, 5) is 35.3. The molecule has 3 heterocycles. The van der Waals surface area contributed by atoms with Crippen molar-refractivity contribution >= 4 is 17.6 Å². The molecule has 0 unspecified atom stereocenters. The summed E-state index contributed by atoms with van der Waals surface area (Å²) in [5.41, 5.74) is 0.702. The van der Waals surface area contributed by atoms with Crippen molar-refractivity contribution in [3.05, 3.63) is 72.2 Å². The number of hydrogen-bond donors (Lipinski definition) is 1. The molecule has 0 spiro atoms. The van der Waals surface area contributed by atoms with Crippen molar-refractivity contribution < 1.29 is 23.8 Å². The molecular weight excluding hydrogens is 436 g/mol. The smallest absolute Gasteiger partial charge is 0.272 e. The molecule has 0 radical (unpaired) electrons. The molecule has 9 heteroatoms. The molecule has 9 nitrogen and oxygen atoms in total. The van der Waals surface area contributed by atoms with E-state index in [0.29, 0.717) is 40.9 Å². The monoisotopic (exact) mass is 462 g/mol. The molecule has 176 valence electrons. The van der Waals surface area contributed by atoms with Crippen LogP contribution in [0.1, 0.15) is 34.2 Å². The molecule has 1 atom stereocenters. The van der Waals surface area contributed by atoms with E-state index in [9.17, 15) is 9.59 Å². The SMILES string of the molecule is COC[C@H](C)Oc1cc(Oc2ccc(C(=O)N3CCC3)nc2)cc(C(=O)Nc2ccccn2)c1. The van der Waals surface area contributed by atoms with E-state index >= 15 is 0 Å². The summed E-state index contributed by atoms with van der Waals surface area (Å²) in [7, 11) is 1.59. The van der Waals surface area contributed by atoms with Crippen LogP contribution >= 0.6 is 0 Å². The number of rotatable bonds is 9. The molecule has 1 aromatic carbocycles. The summed E-state index contributed by atoms with van der Waals surface area (Å²) in [6.07, 6.45) is 3.87. The van der Waals surface area contributed by atoms with Crippen molar-refractivity contribution in [2.45, 2.75) is 19.4 Å². The maximum absolute atomic E-state index is 12.9. The van der Waals surface area contributed by atoms with E-state index in [1.165, 1.54) is 6.20 Å². The van der Waals surface area contributed by atoms with Gasteiger partial charge in [-0.1, -0.05) is 6.07 Å². The van der Waals surface area contributed by atoms with Gasteiger partial charge in [-0.3, -0.25) is 9.59 Å². The zero-order valence-electron chi connectivity index (χ0n) is 19.1. The highest BCUT2D eigenvalue weighted by Gasteiger charge is 2.22. The molecule has 2 amide bonds. The fourth-order valence-corrected chi connectivity index (χ4v) is 3.34. The number of amides is 2. The summed E-state index contributed by atoms with van der Waals surface area (Å²) >= 11 is 0. The van der Waals surface area contributed by atoms with Crippen LogP contribution in [0.25, 0.3) is 0 Å². The minimum absolute atomic E-state index is 0.0891. The maximum Gasteiger partial charge on any atom is 0.272 e. The molecule has 1 aliphatic rings. The first kappa shape index (κ1) is 23.2. The zero-order chi connectivity index (χ0) is 23.9. The molecule has 1 saturated heterocycles. The van der Waals surface area contributed by atoms with Crippen LogP contribution in [0.15, 0.2) is 60.9 Å². The Kier molecular flexibility index (Phi) is 7.34. The lowest BCUT2D eigenvalue weighted by Gasteiger charge is -2.30. The quantitative estimate of drug-likeness (QED) is 0.516. The number of benzene rings is 1. The minimum Gasteiger partial charge on any atom is -0.488 e. The van der Waals surface area contributed by atoms with Gasteiger partial charge in [-0.05, 0) is 49.7 Å². The molecule has 34 heavy (non-hydrogen) atoms. The van der Waals surface area contributed by atoms with Crippen LogP contribution in [0.3, 0.4) is 0 Å². The second-order valence-corrected chi connectivity index (χ2v) is 7.87. The van der Waals surface area contributed by atoms with Gasteiger partial charge < -0.3 is 24.4 Å². The summed E-state index contributed by atoms with van der Waals surface area (Å²) in [6, 6.07) is 13.5. The summed E-state index contributed by atoms with van der Waals surface area (Å²) in [5.74, 6) is 1.25. The van der Waals surface area contributed by atoms with Crippen LogP contribution < -0.4 is 14.8 Å². The van der Waals surface area contributed by atoms with Gasteiger partial charge in [0.05, 0.1) is 12.8 Å². The number of ether oxygens (including phenoxy) is 3. The summed E-state index contributed by atoms with van der Waals surface area (Å²) in [5, 5.41) is 2.76. The predicted molar refractivity (Wildman–Crippen MR) is 125 cm³/mol. The summed E-state index contributed by atoms with van der Waals surface area (Å²) < 4.78 is 17.0. The van der Waals surface area contributed by atoms with Crippen LogP contribution in [-0.2, 0) is 4.74 Å².